The number of aromatic amines is 1. The van der Waals surface area contributed by atoms with E-state index in [1.54, 1.807) is 0 Å². The molecule has 0 unspecified atom stereocenters. The van der Waals surface area contributed by atoms with E-state index in [0.717, 1.165) is 61.4 Å². The Morgan fingerprint density at radius 3 is 2.32 bits per heavy atom. The molecule has 0 aliphatic carbocycles. The van der Waals surface area contributed by atoms with Crippen molar-refractivity contribution in [2.24, 2.45) is 15.0 Å². The lowest BCUT2D eigenvalue weighted by molar-refractivity contribution is 1.29. The number of halogens is 2. The Labute approximate surface area is 197 Å². The quantitative estimate of drug-likeness (QED) is 0.354. The van der Waals surface area contributed by atoms with Gasteiger partial charge < -0.3 is 4.98 Å². The fraction of sp³-hybridized carbons (Fsp3) is 0. The molecule has 2 aromatic carbocycles. The van der Waals surface area contributed by atoms with Gasteiger partial charge in [0.15, 0.2) is 0 Å². The molecule has 0 atom stereocenters. The van der Waals surface area contributed by atoms with Crippen molar-refractivity contribution in [2.45, 2.75) is 0 Å². The number of aromatic nitrogens is 1. The second-order valence-electron chi connectivity index (χ2n) is 7.52. The third kappa shape index (κ3) is 2.95. The van der Waals surface area contributed by atoms with Gasteiger partial charge in [-0.1, -0.05) is 77.9 Å². The summed E-state index contributed by atoms with van der Waals surface area (Å²) in [5, 5.41) is 3.36. The topological polar surface area (TPSA) is 52.9 Å². The molecule has 6 heteroatoms. The number of benzene rings is 2. The van der Waals surface area contributed by atoms with Crippen molar-refractivity contribution in [1.82, 2.24) is 4.98 Å². The maximum atomic E-state index is 5.07. The minimum Gasteiger partial charge on any atom is -0.354 e. The van der Waals surface area contributed by atoms with Crippen LogP contribution < -0.4 is 10.6 Å². The van der Waals surface area contributed by atoms with Gasteiger partial charge in [0.1, 0.15) is 0 Å². The predicted molar refractivity (Wildman–Crippen MR) is 149 cm³/mol. The number of nitrogens with zero attached hydrogens (tertiary/aromatic N) is 3. The van der Waals surface area contributed by atoms with Crippen molar-refractivity contribution in [2.75, 3.05) is 0 Å². The largest absolute Gasteiger partial charge is 0.354 e. The smallest absolute Gasteiger partial charge is 0.0955 e. The summed E-state index contributed by atoms with van der Waals surface area (Å²) in [4.78, 5) is 18.7. The monoisotopic (exact) mass is 624 g/mol. The molecular weight excluding hydrogens is 610 g/mol. The van der Waals surface area contributed by atoms with Crippen LogP contribution in [0.3, 0.4) is 0 Å². The Hall–Kier alpha value is -2.59. The molecule has 5 heterocycles. The average Bonchev–Trinajstić information content (AvgIpc) is 3.41. The SMILES string of the molecule is C1=IC=C2N=C1C1=NC(=CI=C1)c1cccc3cc([nH]c13)C=C1C=c3cccc2c3=N1. The standard InChI is InChI=1S/C25H14I2N4/c1-3-14-7-16-9-17-8-15-4-2-6-19(25(15)29-17)21-11-27-13-23(31-21)22-12-26-10-20(30-22)18(5-1)24(14)28-16/h1-13,28H. The molecule has 0 radical (unpaired) electrons. The summed E-state index contributed by atoms with van der Waals surface area (Å²) in [6, 6.07) is 15.0. The first kappa shape index (κ1) is 18.0. The number of fused-ring (bicyclic) bond motifs is 7. The molecule has 8 bridgehead atoms. The minimum atomic E-state index is -0.217. The Morgan fingerprint density at radius 2 is 1.48 bits per heavy atom. The van der Waals surface area contributed by atoms with E-state index in [9.17, 15) is 0 Å². The normalized spacial score (nSPS) is 18.1. The highest BCUT2D eigenvalue weighted by Crippen LogP contribution is 2.31. The molecule has 0 fully saturated rings. The molecule has 1 aromatic heterocycles. The summed E-state index contributed by atoms with van der Waals surface area (Å²) in [5.41, 5.74) is 9.53. The third-order valence-corrected chi connectivity index (χ3v) is 9.35. The van der Waals surface area contributed by atoms with E-state index in [1.165, 1.54) is 5.39 Å². The van der Waals surface area contributed by atoms with Crippen LogP contribution in [0.1, 0.15) is 16.8 Å². The molecule has 0 spiro atoms. The van der Waals surface area contributed by atoms with Gasteiger partial charge in [-0.15, -0.1) is 0 Å². The molecule has 4 aliphatic rings. The first-order chi connectivity index (χ1) is 15.3. The van der Waals surface area contributed by atoms with Crippen LogP contribution >= 0.6 is 41.5 Å². The fourth-order valence-electron chi connectivity index (χ4n) is 4.16. The number of aliphatic imine (C=N–C) groups is 2. The second kappa shape index (κ2) is 6.96. The first-order valence-corrected chi connectivity index (χ1v) is 14.8. The van der Waals surface area contributed by atoms with Crippen LogP contribution in [-0.4, -0.2) is 24.4 Å². The number of para-hydroxylation sites is 2. The molecular formula is C25H14I2N4. The van der Waals surface area contributed by atoms with Gasteiger partial charge in [-0.3, -0.25) is 0 Å². The molecule has 31 heavy (non-hydrogen) atoms. The van der Waals surface area contributed by atoms with Crippen LogP contribution in [0.4, 0.5) is 0 Å². The zero-order chi connectivity index (χ0) is 20.4. The van der Waals surface area contributed by atoms with Gasteiger partial charge >= 0.3 is 0 Å². The number of allylic oxidation sites excluding steroid dienone is 1. The van der Waals surface area contributed by atoms with Crippen LogP contribution in [0.2, 0.25) is 0 Å². The summed E-state index contributed by atoms with van der Waals surface area (Å²) < 4.78 is 9.17. The molecule has 0 amide bonds. The van der Waals surface area contributed by atoms with E-state index in [4.69, 9.17) is 15.0 Å². The van der Waals surface area contributed by atoms with Crippen molar-refractivity contribution >= 4 is 95.4 Å². The lowest BCUT2D eigenvalue weighted by atomic mass is 10.1. The molecule has 3 aromatic rings. The molecule has 4 nitrogen and oxygen atoms in total. The van der Waals surface area contributed by atoms with Crippen LogP contribution in [0, 0.1) is 0 Å². The Morgan fingerprint density at radius 1 is 0.742 bits per heavy atom. The van der Waals surface area contributed by atoms with Gasteiger partial charge in [-0.25, -0.2) is 15.0 Å². The predicted octanol–water partition coefficient (Wildman–Crippen LogP) is 4.69. The highest BCUT2D eigenvalue weighted by atomic mass is 127. The Kier molecular flexibility index (Phi) is 4.05. The van der Waals surface area contributed by atoms with Crippen molar-refractivity contribution in [3.8, 4) is 0 Å². The molecule has 0 saturated heterocycles. The zero-order valence-corrected chi connectivity index (χ0v) is 20.4. The van der Waals surface area contributed by atoms with E-state index in [0.29, 0.717) is 0 Å². The Bertz CT molecular complexity index is 1670. The van der Waals surface area contributed by atoms with Gasteiger partial charge in [0.05, 0.1) is 39.4 Å². The van der Waals surface area contributed by atoms with E-state index in [-0.39, 0.29) is 41.5 Å². The molecule has 148 valence electrons. The summed E-state index contributed by atoms with van der Waals surface area (Å²) >= 11 is -0.426. The van der Waals surface area contributed by atoms with Gasteiger partial charge in [0, 0.05) is 27.4 Å². The van der Waals surface area contributed by atoms with Crippen LogP contribution in [0.15, 0.2) is 71.3 Å². The van der Waals surface area contributed by atoms with Crippen molar-refractivity contribution < 1.29 is 0 Å². The number of H-pyrrole nitrogens is 1. The maximum absolute atomic E-state index is 5.07. The molecule has 7 rings (SSSR count). The lowest BCUT2D eigenvalue weighted by Gasteiger charge is -2.12. The van der Waals surface area contributed by atoms with Gasteiger partial charge in [0.2, 0.25) is 0 Å². The van der Waals surface area contributed by atoms with Crippen LogP contribution in [0.25, 0.3) is 34.4 Å². The van der Waals surface area contributed by atoms with E-state index in [1.807, 2.05) is 0 Å². The lowest BCUT2D eigenvalue weighted by Crippen LogP contribution is -2.26. The third-order valence-electron chi connectivity index (χ3n) is 5.55. The Balaban J connectivity index is 1.59. The highest BCUT2D eigenvalue weighted by molar-refractivity contribution is 14.2. The number of rotatable bonds is 0. The molecule has 1 N–H and O–H groups in total. The number of nitrogens with one attached hydrogen (secondary N) is 1. The average molecular weight is 624 g/mol. The first-order valence-electron chi connectivity index (χ1n) is 9.84. The van der Waals surface area contributed by atoms with E-state index < -0.39 is 0 Å². The number of hydrogen-bond donors (Lipinski definition) is 1. The highest BCUT2D eigenvalue weighted by Gasteiger charge is 2.17. The maximum Gasteiger partial charge on any atom is 0.0955 e. The fourth-order valence-corrected chi connectivity index (χ4v) is 7.74. The van der Waals surface area contributed by atoms with Crippen molar-refractivity contribution in [3.05, 3.63) is 83.7 Å². The summed E-state index contributed by atoms with van der Waals surface area (Å²) in [6.45, 7) is 0. The summed E-state index contributed by atoms with van der Waals surface area (Å²) in [6.07, 6.45) is 4.29. The van der Waals surface area contributed by atoms with E-state index >= 15 is 0 Å². The zero-order valence-electron chi connectivity index (χ0n) is 16.1. The summed E-state index contributed by atoms with van der Waals surface area (Å²) in [5.74, 6) is 0. The van der Waals surface area contributed by atoms with E-state index in [2.05, 4.69) is 75.8 Å². The van der Waals surface area contributed by atoms with Gasteiger partial charge in [-0.2, -0.15) is 0 Å². The van der Waals surface area contributed by atoms with Crippen molar-refractivity contribution in [3.63, 3.8) is 0 Å². The second-order valence-corrected chi connectivity index (χ2v) is 11.4. The summed E-state index contributed by atoms with van der Waals surface area (Å²) in [7, 11) is 0. The van der Waals surface area contributed by atoms with Crippen molar-refractivity contribution in [1.29, 1.82) is 0 Å². The van der Waals surface area contributed by atoms with Crippen LogP contribution in [-0.2, 0) is 0 Å². The van der Waals surface area contributed by atoms with Crippen LogP contribution in [0.5, 0.6) is 0 Å². The minimum absolute atomic E-state index is 0.209. The molecule has 4 aliphatic heterocycles. The molecule has 0 saturated carbocycles. The van der Waals surface area contributed by atoms with Gasteiger partial charge in [-0.05, 0) is 34.4 Å². The van der Waals surface area contributed by atoms with Gasteiger partial charge in [0.25, 0.3) is 0 Å². The number of hydrogen-bond acceptors (Lipinski definition) is 3.